The summed E-state index contributed by atoms with van der Waals surface area (Å²) in [6, 6.07) is 3.36. The fourth-order valence-corrected chi connectivity index (χ4v) is 3.65. The van der Waals surface area contributed by atoms with Gasteiger partial charge in [0.1, 0.15) is 5.82 Å². The third-order valence-electron chi connectivity index (χ3n) is 2.53. The Morgan fingerprint density at radius 2 is 2.25 bits per heavy atom. The van der Waals surface area contributed by atoms with Gasteiger partial charge in [0.15, 0.2) is 15.0 Å². The number of nitrogens with one attached hydrogen (secondary N) is 1. The highest BCUT2D eigenvalue weighted by atomic mass is 35.5. The molecule has 1 aliphatic rings. The number of rotatable bonds is 3. The van der Waals surface area contributed by atoms with Gasteiger partial charge in [-0.15, -0.1) is 10.2 Å². The second kappa shape index (κ2) is 4.55. The minimum absolute atomic E-state index is 0.169. The van der Waals surface area contributed by atoms with E-state index < -0.39 is 9.84 Å². The average molecular weight is 262 g/mol. The van der Waals surface area contributed by atoms with Crippen LogP contribution in [0.25, 0.3) is 0 Å². The van der Waals surface area contributed by atoms with Gasteiger partial charge in [-0.3, -0.25) is 0 Å². The molecule has 0 radical (unpaired) electrons. The predicted molar refractivity (Wildman–Crippen MR) is 62.3 cm³/mol. The molecule has 1 fully saturated rings. The van der Waals surface area contributed by atoms with Crippen molar-refractivity contribution in [1.82, 2.24) is 10.2 Å². The number of hydrogen-bond acceptors (Lipinski definition) is 5. The van der Waals surface area contributed by atoms with Crippen LogP contribution >= 0.6 is 11.6 Å². The highest BCUT2D eigenvalue weighted by Crippen LogP contribution is 2.18. The number of anilines is 1. The lowest BCUT2D eigenvalue weighted by molar-refractivity contribution is 0.595. The Kier molecular flexibility index (Phi) is 3.30. The lowest BCUT2D eigenvalue weighted by atomic mass is 10.1. The maximum atomic E-state index is 11.2. The summed E-state index contributed by atoms with van der Waals surface area (Å²) < 4.78 is 22.4. The molecule has 2 rings (SSSR count). The van der Waals surface area contributed by atoms with E-state index in [0.29, 0.717) is 23.3 Å². The van der Waals surface area contributed by atoms with Gasteiger partial charge in [-0.05, 0) is 24.5 Å². The maximum absolute atomic E-state index is 11.2. The van der Waals surface area contributed by atoms with Crippen LogP contribution in [0.1, 0.15) is 6.42 Å². The molecule has 0 aromatic carbocycles. The Balaban J connectivity index is 1.87. The molecule has 2 heterocycles. The molecule has 1 N–H and O–H groups in total. The number of aromatic nitrogens is 2. The molecule has 5 nitrogen and oxygen atoms in total. The lowest BCUT2D eigenvalue weighted by Gasteiger charge is -2.09. The molecule has 16 heavy (non-hydrogen) atoms. The van der Waals surface area contributed by atoms with E-state index in [0.717, 1.165) is 6.42 Å². The second-order valence-electron chi connectivity index (χ2n) is 3.89. The lowest BCUT2D eigenvalue weighted by Crippen LogP contribution is -2.16. The van der Waals surface area contributed by atoms with Crippen LogP contribution in [0.15, 0.2) is 12.1 Å². The summed E-state index contributed by atoms with van der Waals surface area (Å²) in [5.41, 5.74) is 0. The van der Waals surface area contributed by atoms with Crippen LogP contribution in [0, 0.1) is 5.92 Å². The van der Waals surface area contributed by atoms with Gasteiger partial charge in [0.2, 0.25) is 0 Å². The second-order valence-corrected chi connectivity index (χ2v) is 6.51. The van der Waals surface area contributed by atoms with Crippen molar-refractivity contribution in [3.63, 3.8) is 0 Å². The van der Waals surface area contributed by atoms with E-state index in [9.17, 15) is 8.42 Å². The van der Waals surface area contributed by atoms with Gasteiger partial charge in [-0.2, -0.15) is 0 Å². The highest BCUT2D eigenvalue weighted by Gasteiger charge is 2.27. The standard InChI is InChI=1S/C9H12ClN3O2S/c10-8-1-2-9(13-12-8)11-5-7-3-4-16(14,15)6-7/h1-2,7H,3-6H2,(H,11,13). The Bertz CT molecular complexity index is 460. The molecule has 1 atom stereocenters. The largest absolute Gasteiger partial charge is 0.368 e. The average Bonchev–Trinajstić information content (AvgIpc) is 2.58. The zero-order valence-corrected chi connectivity index (χ0v) is 10.1. The smallest absolute Gasteiger partial charge is 0.151 e. The first-order valence-electron chi connectivity index (χ1n) is 4.99. The Labute approximate surface area is 99.1 Å². The molecule has 1 aromatic rings. The number of halogens is 1. The Morgan fingerprint density at radius 3 is 2.81 bits per heavy atom. The van der Waals surface area contributed by atoms with E-state index in [1.165, 1.54) is 0 Å². The van der Waals surface area contributed by atoms with Crippen molar-refractivity contribution in [2.45, 2.75) is 6.42 Å². The monoisotopic (exact) mass is 261 g/mol. The molecule has 1 aromatic heterocycles. The zero-order valence-electron chi connectivity index (χ0n) is 8.56. The summed E-state index contributed by atoms with van der Waals surface area (Å²) in [4.78, 5) is 0. The van der Waals surface area contributed by atoms with E-state index in [4.69, 9.17) is 11.6 Å². The zero-order chi connectivity index (χ0) is 11.6. The Morgan fingerprint density at radius 1 is 1.44 bits per heavy atom. The quantitative estimate of drug-likeness (QED) is 0.878. The first kappa shape index (κ1) is 11.6. The van der Waals surface area contributed by atoms with Gasteiger partial charge >= 0.3 is 0 Å². The van der Waals surface area contributed by atoms with E-state index in [-0.39, 0.29) is 11.7 Å². The van der Waals surface area contributed by atoms with Crippen molar-refractivity contribution in [3.05, 3.63) is 17.3 Å². The first-order chi connectivity index (χ1) is 7.55. The maximum Gasteiger partial charge on any atom is 0.151 e. The number of sulfone groups is 1. The first-order valence-corrected chi connectivity index (χ1v) is 7.19. The topological polar surface area (TPSA) is 72.0 Å². The van der Waals surface area contributed by atoms with E-state index in [2.05, 4.69) is 15.5 Å². The molecule has 0 aliphatic carbocycles. The summed E-state index contributed by atoms with van der Waals surface area (Å²) in [5.74, 6) is 1.35. The van der Waals surface area contributed by atoms with Gasteiger partial charge in [-0.25, -0.2) is 8.42 Å². The fraction of sp³-hybridized carbons (Fsp3) is 0.556. The highest BCUT2D eigenvalue weighted by molar-refractivity contribution is 7.91. The molecule has 88 valence electrons. The van der Waals surface area contributed by atoms with Crippen LogP contribution in [0.5, 0.6) is 0 Å². The van der Waals surface area contributed by atoms with Gasteiger partial charge in [0.05, 0.1) is 11.5 Å². The number of nitrogens with zero attached hydrogens (tertiary/aromatic N) is 2. The summed E-state index contributed by atoms with van der Waals surface area (Å²) in [6.45, 7) is 0.607. The van der Waals surface area contributed by atoms with Crippen LogP contribution in [0.4, 0.5) is 5.82 Å². The minimum Gasteiger partial charge on any atom is -0.368 e. The minimum atomic E-state index is -2.80. The number of hydrogen-bond donors (Lipinski definition) is 1. The summed E-state index contributed by atoms with van der Waals surface area (Å²) >= 11 is 5.60. The molecule has 0 amide bonds. The van der Waals surface area contributed by atoms with Crippen molar-refractivity contribution in [2.75, 3.05) is 23.4 Å². The third kappa shape index (κ3) is 3.05. The fourth-order valence-electron chi connectivity index (χ4n) is 1.69. The summed E-state index contributed by atoms with van der Waals surface area (Å²) in [7, 11) is -2.80. The van der Waals surface area contributed by atoms with Crippen molar-refractivity contribution in [3.8, 4) is 0 Å². The molecule has 1 unspecified atom stereocenters. The van der Waals surface area contributed by atoms with E-state index in [1.807, 2.05) is 0 Å². The summed E-state index contributed by atoms with van der Waals surface area (Å²) in [5, 5.41) is 10.9. The predicted octanol–water partition coefficient (Wildman–Crippen LogP) is 0.977. The molecular formula is C9H12ClN3O2S. The summed E-state index contributed by atoms with van der Waals surface area (Å²) in [6.07, 6.45) is 0.719. The molecule has 0 spiro atoms. The van der Waals surface area contributed by atoms with Crippen molar-refractivity contribution in [1.29, 1.82) is 0 Å². The van der Waals surface area contributed by atoms with Crippen molar-refractivity contribution < 1.29 is 8.42 Å². The van der Waals surface area contributed by atoms with Gasteiger partial charge < -0.3 is 5.32 Å². The van der Waals surface area contributed by atoms with Crippen LogP contribution in [-0.2, 0) is 9.84 Å². The van der Waals surface area contributed by atoms with Crippen molar-refractivity contribution >= 4 is 27.3 Å². The van der Waals surface area contributed by atoms with Crippen LogP contribution in [-0.4, -0.2) is 36.7 Å². The van der Waals surface area contributed by atoms with E-state index >= 15 is 0 Å². The third-order valence-corrected chi connectivity index (χ3v) is 4.57. The molecule has 1 aliphatic heterocycles. The Hall–Kier alpha value is -0.880. The van der Waals surface area contributed by atoms with Crippen LogP contribution in [0.2, 0.25) is 5.15 Å². The van der Waals surface area contributed by atoms with Gasteiger partial charge in [0.25, 0.3) is 0 Å². The molecule has 1 saturated heterocycles. The van der Waals surface area contributed by atoms with Crippen molar-refractivity contribution in [2.24, 2.45) is 5.92 Å². The van der Waals surface area contributed by atoms with Crippen LogP contribution < -0.4 is 5.32 Å². The molecule has 7 heteroatoms. The SMILES string of the molecule is O=S1(=O)CCC(CNc2ccc(Cl)nn2)C1. The molecule has 0 saturated carbocycles. The van der Waals surface area contributed by atoms with Gasteiger partial charge in [0, 0.05) is 6.54 Å². The normalized spacial score (nSPS) is 23.2. The van der Waals surface area contributed by atoms with E-state index in [1.54, 1.807) is 12.1 Å². The van der Waals surface area contributed by atoms with Gasteiger partial charge in [-0.1, -0.05) is 11.6 Å². The van der Waals surface area contributed by atoms with Crippen LogP contribution in [0.3, 0.4) is 0 Å². The molecule has 0 bridgehead atoms. The molecular weight excluding hydrogens is 250 g/mol.